The van der Waals surface area contributed by atoms with Crippen LogP contribution in [0.1, 0.15) is 56.3 Å². The third-order valence-corrected chi connectivity index (χ3v) is 8.14. The maximum Gasteiger partial charge on any atom is 0.295 e. The Kier molecular flexibility index (Phi) is 9.38. The Morgan fingerprint density at radius 2 is 1.86 bits per heavy atom. The fourth-order valence-corrected chi connectivity index (χ4v) is 5.85. The Bertz CT molecular complexity index is 1330. The second-order valence-electron chi connectivity index (χ2n) is 11.7. The van der Waals surface area contributed by atoms with Crippen LogP contribution >= 0.6 is 0 Å². The number of likely N-dealkylation sites (tertiary alicyclic amines) is 1. The van der Waals surface area contributed by atoms with Crippen LogP contribution in [0.25, 0.3) is 5.76 Å². The van der Waals surface area contributed by atoms with E-state index >= 15 is 0 Å². The summed E-state index contributed by atoms with van der Waals surface area (Å²) in [4.78, 5) is 31.0. The Morgan fingerprint density at radius 1 is 1.07 bits per heavy atom. The van der Waals surface area contributed by atoms with Crippen LogP contribution in [0.3, 0.4) is 0 Å². The highest BCUT2D eigenvalue weighted by atomic mass is 16.5. The molecule has 3 heterocycles. The lowest BCUT2D eigenvalue weighted by atomic mass is 9.94. The van der Waals surface area contributed by atoms with E-state index in [0.717, 1.165) is 37.4 Å². The van der Waals surface area contributed by atoms with Crippen LogP contribution in [0.2, 0.25) is 0 Å². The van der Waals surface area contributed by atoms with Gasteiger partial charge in [-0.1, -0.05) is 19.9 Å². The van der Waals surface area contributed by atoms with Gasteiger partial charge in [-0.3, -0.25) is 14.5 Å². The van der Waals surface area contributed by atoms with E-state index in [1.807, 2.05) is 37.3 Å². The molecule has 2 fully saturated rings. The van der Waals surface area contributed by atoms with Crippen molar-refractivity contribution in [3.8, 4) is 17.2 Å². The van der Waals surface area contributed by atoms with E-state index in [9.17, 15) is 14.7 Å². The molecule has 42 heavy (non-hydrogen) atoms. The topological polar surface area (TPSA) is 97.8 Å². The number of ketones is 1. The lowest BCUT2D eigenvalue weighted by Gasteiger charge is -2.29. The van der Waals surface area contributed by atoms with E-state index < -0.39 is 17.7 Å². The number of nitrogens with zero attached hydrogens (tertiary/aromatic N) is 2. The molecule has 3 aliphatic heterocycles. The molecule has 0 aliphatic carbocycles. The average molecular weight is 579 g/mol. The minimum Gasteiger partial charge on any atom is -0.507 e. The zero-order chi connectivity index (χ0) is 29.8. The number of morpholine rings is 1. The molecule has 0 radical (unpaired) electrons. The van der Waals surface area contributed by atoms with E-state index in [-0.39, 0.29) is 17.4 Å². The standard InChI is InChI=1S/C33H42N2O7/c1-21(2)10-15-41-27-9-6-23(20-28(27)39-4)30-29(31(36)24-7-8-26-25(19-24)18-22(3)42-26)32(37)33(38)35(30)12-5-11-34-13-16-40-17-14-34/h6-9,19-22,30,36H,5,10-18H2,1-4H3/b31-29+. The van der Waals surface area contributed by atoms with Crippen molar-refractivity contribution in [2.24, 2.45) is 5.92 Å². The van der Waals surface area contributed by atoms with Crippen molar-refractivity contribution in [1.29, 1.82) is 0 Å². The highest BCUT2D eigenvalue weighted by Gasteiger charge is 2.46. The molecule has 2 aromatic carbocycles. The summed E-state index contributed by atoms with van der Waals surface area (Å²) in [7, 11) is 1.57. The summed E-state index contributed by atoms with van der Waals surface area (Å²) in [6, 6.07) is 10.1. The lowest BCUT2D eigenvalue weighted by Crippen LogP contribution is -2.39. The molecule has 1 N–H and O–H groups in total. The number of hydrogen-bond acceptors (Lipinski definition) is 8. The van der Waals surface area contributed by atoms with Gasteiger partial charge < -0.3 is 29.0 Å². The monoisotopic (exact) mass is 578 g/mol. The van der Waals surface area contributed by atoms with Crippen molar-refractivity contribution in [2.75, 3.05) is 53.1 Å². The number of hydrogen-bond donors (Lipinski definition) is 1. The number of benzene rings is 2. The van der Waals surface area contributed by atoms with Gasteiger partial charge >= 0.3 is 0 Å². The third kappa shape index (κ3) is 6.42. The van der Waals surface area contributed by atoms with E-state index in [1.165, 1.54) is 0 Å². The predicted molar refractivity (Wildman–Crippen MR) is 159 cm³/mol. The summed E-state index contributed by atoms with van der Waals surface area (Å²) in [6.45, 7) is 11.1. The minimum atomic E-state index is -0.767. The molecule has 0 spiro atoms. The molecule has 5 rings (SSSR count). The summed E-state index contributed by atoms with van der Waals surface area (Å²) in [5, 5.41) is 11.6. The Labute approximate surface area is 248 Å². The molecule has 3 aliphatic rings. The van der Waals surface area contributed by atoms with Crippen molar-refractivity contribution < 1.29 is 33.6 Å². The first kappa shape index (κ1) is 29.9. The molecule has 2 aromatic rings. The molecule has 0 aromatic heterocycles. The largest absolute Gasteiger partial charge is 0.507 e. The van der Waals surface area contributed by atoms with Crippen LogP contribution < -0.4 is 14.2 Å². The van der Waals surface area contributed by atoms with Crippen LogP contribution in [0.4, 0.5) is 0 Å². The summed E-state index contributed by atoms with van der Waals surface area (Å²) in [5.41, 5.74) is 2.21. The highest BCUT2D eigenvalue weighted by Crippen LogP contribution is 2.43. The first-order valence-electron chi connectivity index (χ1n) is 15.0. The molecule has 0 bridgehead atoms. The van der Waals surface area contributed by atoms with Crippen LogP contribution in [-0.4, -0.2) is 85.8 Å². The van der Waals surface area contributed by atoms with Gasteiger partial charge in [-0.2, -0.15) is 0 Å². The van der Waals surface area contributed by atoms with E-state index in [4.69, 9.17) is 18.9 Å². The van der Waals surface area contributed by atoms with Gasteiger partial charge in [0, 0.05) is 38.2 Å². The fraction of sp³-hybridized carbons (Fsp3) is 0.515. The first-order chi connectivity index (χ1) is 20.3. The zero-order valence-electron chi connectivity index (χ0n) is 25.1. The molecule has 0 saturated carbocycles. The SMILES string of the molecule is COc1cc(C2/C(=C(\O)c3ccc4c(c3)CC(C)O4)C(=O)C(=O)N2CCCN2CCOCC2)ccc1OCCC(C)C. The predicted octanol–water partition coefficient (Wildman–Crippen LogP) is 4.59. The van der Waals surface area contributed by atoms with E-state index in [1.54, 1.807) is 18.1 Å². The highest BCUT2D eigenvalue weighted by molar-refractivity contribution is 6.46. The van der Waals surface area contributed by atoms with Gasteiger partial charge in [-0.15, -0.1) is 0 Å². The number of aliphatic hydroxyl groups is 1. The maximum atomic E-state index is 13.6. The first-order valence-corrected chi connectivity index (χ1v) is 15.0. The number of Topliss-reactive ketones (excluding diaryl/α,β-unsaturated/α-hetero) is 1. The quantitative estimate of drug-likeness (QED) is 0.235. The van der Waals surface area contributed by atoms with Crippen molar-refractivity contribution in [3.05, 3.63) is 58.7 Å². The number of methoxy groups -OCH3 is 1. The molecule has 226 valence electrons. The molecule has 9 heteroatoms. The summed E-state index contributed by atoms with van der Waals surface area (Å²) >= 11 is 0. The zero-order valence-corrected chi connectivity index (χ0v) is 25.1. The summed E-state index contributed by atoms with van der Waals surface area (Å²) in [5.74, 6) is 0.895. The second kappa shape index (κ2) is 13.2. The van der Waals surface area contributed by atoms with E-state index in [2.05, 4.69) is 18.7 Å². The molecule has 2 saturated heterocycles. The molecular formula is C33H42N2O7. The van der Waals surface area contributed by atoms with Crippen molar-refractivity contribution >= 4 is 17.4 Å². The molecule has 2 unspecified atom stereocenters. The number of rotatable bonds is 11. The Morgan fingerprint density at radius 3 is 2.60 bits per heavy atom. The summed E-state index contributed by atoms with van der Waals surface area (Å²) < 4.78 is 22.9. The van der Waals surface area contributed by atoms with Gasteiger partial charge in [0.1, 0.15) is 17.6 Å². The summed E-state index contributed by atoms with van der Waals surface area (Å²) in [6.07, 6.45) is 2.35. The van der Waals surface area contributed by atoms with Crippen LogP contribution in [0.15, 0.2) is 42.0 Å². The van der Waals surface area contributed by atoms with Gasteiger partial charge in [-0.25, -0.2) is 0 Å². The average Bonchev–Trinajstić information content (AvgIpc) is 3.48. The third-order valence-electron chi connectivity index (χ3n) is 8.14. The molecule has 9 nitrogen and oxygen atoms in total. The van der Waals surface area contributed by atoms with Crippen LogP contribution in [0.5, 0.6) is 17.2 Å². The number of carbonyl (C=O) groups excluding carboxylic acids is 2. The number of carbonyl (C=O) groups is 2. The van der Waals surface area contributed by atoms with Crippen LogP contribution in [-0.2, 0) is 20.7 Å². The number of aliphatic hydroxyl groups excluding tert-OH is 1. The van der Waals surface area contributed by atoms with Gasteiger partial charge in [-0.05, 0) is 67.1 Å². The second-order valence-corrected chi connectivity index (χ2v) is 11.7. The molecule has 2 atom stereocenters. The minimum absolute atomic E-state index is 0.0446. The number of fused-ring (bicyclic) bond motifs is 1. The van der Waals surface area contributed by atoms with Crippen LogP contribution in [0, 0.1) is 5.92 Å². The number of amides is 1. The number of ether oxygens (including phenoxy) is 4. The Balaban J connectivity index is 1.49. The van der Waals surface area contributed by atoms with Crippen molar-refractivity contribution in [3.63, 3.8) is 0 Å². The Hall–Kier alpha value is -3.56. The maximum absolute atomic E-state index is 13.6. The molecule has 1 amide bonds. The van der Waals surface area contributed by atoms with Crippen molar-refractivity contribution in [2.45, 2.75) is 52.2 Å². The smallest absolute Gasteiger partial charge is 0.295 e. The van der Waals surface area contributed by atoms with Gasteiger partial charge in [0.05, 0.1) is 38.5 Å². The fourth-order valence-electron chi connectivity index (χ4n) is 5.85. The normalized spacial score (nSPS) is 22.0. The molecular weight excluding hydrogens is 536 g/mol. The lowest BCUT2D eigenvalue weighted by molar-refractivity contribution is -0.140. The van der Waals surface area contributed by atoms with E-state index in [0.29, 0.717) is 67.8 Å². The van der Waals surface area contributed by atoms with Gasteiger partial charge in [0.15, 0.2) is 11.5 Å². The van der Waals surface area contributed by atoms with Gasteiger partial charge in [0.25, 0.3) is 11.7 Å². The van der Waals surface area contributed by atoms with Gasteiger partial charge in [0.2, 0.25) is 0 Å². The van der Waals surface area contributed by atoms with Crippen molar-refractivity contribution in [1.82, 2.24) is 9.80 Å².